The topological polar surface area (TPSA) is 114 Å². The Morgan fingerprint density at radius 2 is 1.67 bits per heavy atom. The second-order valence-electron chi connectivity index (χ2n) is 5.38. The summed E-state index contributed by atoms with van der Waals surface area (Å²) in [7, 11) is 0. The number of carbonyl (C=O) groups excluding carboxylic acids is 2. The number of phenols is 2. The van der Waals surface area contributed by atoms with E-state index in [0.717, 1.165) is 11.8 Å². The molecule has 1 amide bonds. The van der Waals surface area contributed by atoms with E-state index in [1.807, 2.05) is 6.92 Å². The first kappa shape index (κ1) is 19.9. The van der Waals surface area contributed by atoms with Gasteiger partial charge in [0, 0.05) is 6.07 Å². The smallest absolute Gasteiger partial charge is 0.342 e. The Morgan fingerprint density at radius 1 is 1.00 bits per heavy atom. The molecule has 0 fully saturated rings. The third kappa shape index (κ3) is 6.43. The van der Waals surface area contributed by atoms with Gasteiger partial charge in [0.15, 0.2) is 6.61 Å². The Kier molecular flexibility index (Phi) is 7.30. The zero-order valence-electron chi connectivity index (χ0n) is 14.8. The van der Waals surface area contributed by atoms with Crippen LogP contribution in [0.1, 0.15) is 17.3 Å². The maximum Gasteiger partial charge on any atom is 0.342 e. The number of benzene rings is 2. The Labute approximate surface area is 156 Å². The maximum absolute atomic E-state index is 11.8. The van der Waals surface area contributed by atoms with E-state index in [4.69, 9.17) is 14.2 Å². The lowest BCUT2D eigenvalue weighted by Gasteiger charge is -2.09. The van der Waals surface area contributed by atoms with Gasteiger partial charge in [-0.25, -0.2) is 4.79 Å². The fourth-order valence-electron chi connectivity index (χ4n) is 2.11. The first-order valence-corrected chi connectivity index (χ1v) is 8.31. The maximum atomic E-state index is 11.8. The van der Waals surface area contributed by atoms with Crippen molar-refractivity contribution >= 4 is 11.9 Å². The molecule has 0 radical (unpaired) electrons. The van der Waals surface area contributed by atoms with Crippen LogP contribution in [0.5, 0.6) is 23.0 Å². The van der Waals surface area contributed by atoms with Gasteiger partial charge in [0.05, 0.1) is 13.2 Å². The van der Waals surface area contributed by atoms with Crippen molar-refractivity contribution in [3.63, 3.8) is 0 Å². The molecule has 0 unspecified atom stereocenters. The molecule has 0 aliphatic rings. The molecule has 8 nitrogen and oxygen atoms in total. The van der Waals surface area contributed by atoms with Crippen LogP contribution < -0.4 is 14.8 Å². The number of ether oxygens (including phenoxy) is 3. The zero-order valence-corrected chi connectivity index (χ0v) is 14.8. The first-order chi connectivity index (χ1) is 13.0. The fraction of sp³-hybridized carbons (Fsp3) is 0.263. The number of aromatic hydroxyl groups is 2. The average molecular weight is 375 g/mol. The zero-order chi connectivity index (χ0) is 19.6. The van der Waals surface area contributed by atoms with Gasteiger partial charge in [0.25, 0.3) is 5.91 Å². The Bertz CT molecular complexity index is 774. The molecule has 0 bridgehead atoms. The molecule has 2 rings (SSSR count). The molecule has 0 saturated carbocycles. The normalized spacial score (nSPS) is 10.1. The Morgan fingerprint density at radius 3 is 2.30 bits per heavy atom. The van der Waals surface area contributed by atoms with Gasteiger partial charge < -0.3 is 29.7 Å². The highest BCUT2D eigenvalue weighted by molar-refractivity contribution is 5.94. The number of rotatable bonds is 9. The van der Waals surface area contributed by atoms with Gasteiger partial charge in [-0.15, -0.1) is 0 Å². The number of phenolic OH excluding ortho intramolecular Hbond substituents is 2. The minimum atomic E-state index is -0.867. The number of hydrogen-bond acceptors (Lipinski definition) is 7. The number of esters is 1. The molecule has 0 aliphatic heterocycles. The molecule has 3 N–H and O–H groups in total. The molecule has 0 aliphatic carbocycles. The Balaban J connectivity index is 1.66. The number of amides is 1. The standard InChI is InChI=1S/C19H21NO7/c1-2-25-14-4-6-15(7-5-14)26-10-9-20-18(23)12-27-19(24)16-8-3-13(21)11-17(16)22/h3-8,11,21-22H,2,9-10,12H2,1H3,(H,20,23). The van der Waals surface area contributed by atoms with Crippen LogP contribution in [0.15, 0.2) is 42.5 Å². The predicted molar refractivity (Wildman–Crippen MR) is 96.2 cm³/mol. The molecular weight excluding hydrogens is 354 g/mol. The lowest BCUT2D eigenvalue weighted by atomic mass is 10.2. The molecule has 0 spiro atoms. The second-order valence-corrected chi connectivity index (χ2v) is 5.38. The largest absolute Gasteiger partial charge is 0.508 e. The molecule has 0 heterocycles. The van der Waals surface area contributed by atoms with Gasteiger partial charge in [0.1, 0.15) is 35.2 Å². The molecule has 8 heteroatoms. The van der Waals surface area contributed by atoms with Crippen molar-refractivity contribution in [1.29, 1.82) is 0 Å². The summed E-state index contributed by atoms with van der Waals surface area (Å²) in [6.45, 7) is 2.46. The van der Waals surface area contributed by atoms with Crippen LogP contribution >= 0.6 is 0 Å². The minimum absolute atomic E-state index is 0.139. The van der Waals surface area contributed by atoms with E-state index in [1.54, 1.807) is 24.3 Å². The lowest BCUT2D eigenvalue weighted by molar-refractivity contribution is -0.124. The second kappa shape index (κ2) is 9.91. The average Bonchev–Trinajstić information content (AvgIpc) is 2.65. The fourth-order valence-corrected chi connectivity index (χ4v) is 2.11. The molecule has 0 saturated heterocycles. The van der Waals surface area contributed by atoms with Crippen LogP contribution in [0, 0.1) is 0 Å². The SMILES string of the molecule is CCOc1ccc(OCCNC(=O)COC(=O)c2ccc(O)cc2O)cc1. The van der Waals surface area contributed by atoms with Crippen molar-refractivity contribution in [1.82, 2.24) is 5.32 Å². The van der Waals surface area contributed by atoms with Crippen molar-refractivity contribution in [3.8, 4) is 23.0 Å². The van der Waals surface area contributed by atoms with Gasteiger partial charge in [0.2, 0.25) is 0 Å². The van der Waals surface area contributed by atoms with Crippen molar-refractivity contribution in [2.75, 3.05) is 26.4 Å². The molecule has 0 atom stereocenters. The summed E-state index contributed by atoms with van der Waals surface area (Å²) in [5, 5.41) is 21.3. The highest BCUT2D eigenvalue weighted by Gasteiger charge is 2.14. The molecule has 0 aromatic heterocycles. The third-order valence-electron chi connectivity index (χ3n) is 3.36. The summed E-state index contributed by atoms with van der Waals surface area (Å²) in [5.74, 6) is -0.592. The number of hydrogen-bond donors (Lipinski definition) is 3. The number of carbonyl (C=O) groups is 2. The molecule has 144 valence electrons. The summed E-state index contributed by atoms with van der Waals surface area (Å²) in [6, 6.07) is 10.5. The van der Waals surface area contributed by atoms with Gasteiger partial charge in [-0.1, -0.05) is 0 Å². The van der Waals surface area contributed by atoms with E-state index in [0.29, 0.717) is 12.4 Å². The van der Waals surface area contributed by atoms with Crippen molar-refractivity contribution in [3.05, 3.63) is 48.0 Å². The van der Waals surface area contributed by atoms with Crippen LogP contribution in [-0.4, -0.2) is 48.5 Å². The van der Waals surface area contributed by atoms with E-state index in [9.17, 15) is 19.8 Å². The van der Waals surface area contributed by atoms with Crippen LogP contribution in [0.2, 0.25) is 0 Å². The molecule has 2 aromatic rings. The van der Waals surface area contributed by atoms with E-state index < -0.39 is 24.2 Å². The van der Waals surface area contributed by atoms with Crippen molar-refractivity contribution in [2.45, 2.75) is 6.92 Å². The van der Waals surface area contributed by atoms with Gasteiger partial charge in [-0.05, 0) is 43.3 Å². The van der Waals surface area contributed by atoms with E-state index in [-0.39, 0.29) is 24.5 Å². The van der Waals surface area contributed by atoms with Crippen LogP contribution in [0.3, 0.4) is 0 Å². The van der Waals surface area contributed by atoms with Crippen LogP contribution in [0.25, 0.3) is 0 Å². The summed E-state index contributed by atoms with van der Waals surface area (Å²) in [5.41, 5.74) is -0.139. The van der Waals surface area contributed by atoms with E-state index in [2.05, 4.69) is 5.32 Å². The first-order valence-electron chi connectivity index (χ1n) is 8.31. The van der Waals surface area contributed by atoms with Gasteiger partial charge in [-0.2, -0.15) is 0 Å². The highest BCUT2D eigenvalue weighted by Crippen LogP contribution is 2.23. The van der Waals surface area contributed by atoms with Gasteiger partial charge in [-0.3, -0.25) is 4.79 Å². The Hall–Kier alpha value is -3.42. The van der Waals surface area contributed by atoms with Gasteiger partial charge >= 0.3 is 5.97 Å². The van der Waals surface area contributed by atoms with Crippen LogP contribution in [0.4, 0.5) is 0 Å². The summed E-state index contributed by atoms with van der Waals surface area (Å²) < 4.78 is 15.6. The monoisotopic (exact) mass is 375 g/mol. The third-order valence-corrected chi connectivity index (χ3v) is 3.36. The summed E-state index contributed by atoms with van der Waals surface area (Å²) >= 11 is 0. The summed E-state index contributed by atoms with van der Waals surface area (Å²) in [6.07, 6.45) is 0. The van der Waals surface area contributed by atoms with E-state index >= 15 is 0 Å². The molecule has 27 heavy (non-hydrogen) atoms. The predicted octanol–water partition coefficient (Wildman–Crippen LogP) is 1.85. The minimum Gasteiger partial charge on any atom is -0.508 e. The lowest BCUT2D eigenvalue weighted by Crippen LogP contribution is -2.32. The van der Waals surface area contributed by atoms with Crippen molar-refractivity contribution < 1.29 is 34.0 Å². The molecular formula is C19H21NO7. The van der Waals surface area contributed by atoms with E-state index in [1.165, 1.54) is 12.1 Å². The summed E-state index contributed by atoms with van der Waals surface area (Å²) in [4.78, 5) is 23.5. The molecule has 2 aromatic carbocycles. The van der Waals surface area contributed by atoms with Crippen LogP contribution in [-0.2, 0) is 9.53 Å². The number of nitrogens with one attached hydrogen (secondary N) is 1. The quantitative estimate of drug-likeness (QED) is 0.453. The highest BCUT2D eigenvalue weighted by atomic mass is 16.5. The van der Waals surface area contributed by atoms with Crippen molar-refractivity contribution in [2.24, 2.45) is 0 Å².